The minimum absolute atomic E-state index is 0.0282. The summed E-state index contributed by atoms with van der Waals surface area (Å²) in [5.41, 5.74) is 1.43. The van der Waals surface area contributed by atoms with Crippen LogP contribution < -0.4 is 5.32 Å². The fourth-order valence-corrected chi connectivity index (χ4v) is 2.31. The molecule has 1 amide bonds. The van der Waals surface area contributed by atoms with Crippen molar-refractivity contribution in [2.45, 2.75) is 19.9 Å². The number of amides is 1. The first-order chi connectivity index (χ1) is 9.11. The second kappa shape index (κ2) is 6.02. The number of carbonyl (C=O) groups is 1. The Morgan fingerprint density at radius 3 is 2.58 bits per heavy atom. The first-order valence-corrected chi connectivity index (χ1v) is 6.79. The van der Waals surface area contributed by atoms with Gasteiger partial charge in [-0.15, -0.1) is 0 Å². The van der Waals surface area contributed by atoms with Crippen molar-refractivity contribution < 1.29 is 4.79 Å². The number of anilines is 1. The zero-order valence-corrected chi connectivity index (χ0v) is 11.9. The molecule has 2 rings (SSSR count). The van der Waals surface area contributed by atoms with Crippen LogP contribution in [0.3, 0.4) is 0 Å². The smallest absolute Gasteiger partial charge is 0.272 e. The van der Waals surface area contributed by atoms with Gasteiger partial charge in [0.2, 0.25) is 0 Å². The molecule has 1 aromatic rings. The van der Waals surface area contributed by atoms with Gasteiger partial charge in [0, 0.05) is 51.2 Å². The van der Waals surface area contributed by atoms with Gasteiger partial charge in [0.05, 0.1) is 0 Å². The summed E-state index contributed by atoms with van der Waals surface area (Å²) >= 11 is 0. The van der Waals surface area contributed by atoms with Gasteiger partial charge in [-0.2, -0.15) is 0 Å². The third kappa shape index (κ3) is 3.23. The molecule has 1 saturated heterocycles. The first-order valence-electron chi connectivity index (χ1n) is 6.79. The number of nitrogens with one attached hydrogen (secondary N) is 1. The van der Waals surface area contributed by atoms with Gasteiger partial charge in [0.15, 0.2) is 0 Å². The third-order valence-electron chi connectivity index (χ3n) is 3.60. The minimum Gasteiger partial charge on any atom is -0.388 e. The van der Waals surface area contributed by atoms with Crippen molar-refractivity contribution in [1.29, 1.82) is 0 Å². The number of nitrogens with zero attached hydrogens (tertiary/aromatic N) is 3. The number of pyridine rings is 1. The van der Waals surface area contributed by atoms with E-state index in [1.165, 1.54) is 0 Å². The lowest BCUT2D eigenvalue weighted by atomic mass is 10.2. The fourth-order valence-electron chi connectivity index (χ4n) is 2.31. The SMILES string of the molecule is CNc1ccnc(C(=O)N2CCN(C(C)C)CC2)c1. The number of hydrogen-bond acceptors (Lipinski definition) is 4. The quantitative estimate of drug-likeness (QED) is 0.891. The van der Waals surface area contributed by atoms with Crippen LogP contribution in [-0.4, -0.2) is 60.0 Å². The number of piperazine rings is 1. The van der Waals surface area contributed by atoms with Crippen molar-refractivity contribution in [2.24, 2.45) is 0 Å². The lowest BCUT2D eigenvalue weighted by Gasteiger charge is -2.36. The molecule has 1 aliphatic heterocycles. The Hall–Kier alpha value is -1.62. The Morgan fingerprint density at radius 1 is 1.32 bits per heavy atom. The molecule has 0 aromatic carbocycles. The standard InChI is InChI=1S/C14H22N4O/c1-11(2)17-6-8-18(9-7-17)14(19)13-10-12(15-3)4-5-16-13/h4-5,10-11H,6-9H2,1-3H3,(H,15,16). The van der Waals surface area contributed by atoms with Gasteiger partial charge >= 0.3 is 0 Å². The molecule has 19 heavy (non-hydrogen) atoms. The molecule has 5 heteroatoms. The Balaban J connectivity index is 2.01. The predicted molar refractivity (Wildman–Crippen MR) is 76.4 cm³/mol. The van der Waals surface area contributed by atoms with E-state index in [-0.39, 0.29) is 5.91 Å². The van der Waals surface area contributed by atoms with Crippen LogP contribution in [0.2, 0.25) is 0 Å². The maximum atomic E-state index is 12.4. The van der Waals surface area contributed by atoms with Gasteiger partial charge in [0.25, 0.3) is 5.91 Å². The molecule has 0 bridgehead atoms. The largest absolute Gasteiger partial charge is 0.388 e. The Kier molecular flexibility index (Phi) is 4.37. The van der Waals surface area contributed by atoms with Crippen LogP contribution in [0, 0.1) is 0 Å². The molecule has 2 heterocycles. The van der Waals surface area contributed by atoms with E-state index in [2.05, 4.69) is 29.0 Å². The van der Waals surface area contributed by atoms with Crippen LogP contribution in [0.1, 0.15) is 24.3 Å². The summed E-state index contributed by atoms with van der Waals surface area (Å²) in [5.74, 6) is 0.0282. The summed E-state index contributed by atoms with van der Waals surface area (Å²) in [6.45, 7) is 7.82. The monoisotopic (exact) mass is 262 g/mol. The van der Waals surface area contributed by atoms with E-state index in [4.69, 9.17) is 0 Å². The zero-order chi connectivity index (χ0) is 13.8. The number of aromatic nitrogens is 1. The molecule has 1 N–H and O–H groups in total. The van der Waals surface area contributed by atoms with Gasteiger partial charge in [-0.3, -0.25) is 14.7 Å². The van der Waals surface area contributed by atoms with E-state index in [0.29, 0.717) is 11.7 Å². The number of hydrogen-bond donors (Lipinski definition) is 1. The van der Waals surface area contributed by atoms with Crippen molar-refractivity contribution in [3.05, 3.63) is 24.0 Å². The molecule has 0 saturated carbocycles. The third-order valence-corrected chi connectivity index (χ3v) is 3.60. The highest BCUT2D eigenvalue weighted by molar-refractivity contribution is 5.93. The maximum Gasteiger partial charge on any atom is 0.272 e. The van der Waals surface area contributed by atoms with Crippen LogP contribution in [0.25, 0.3) is 0 Å². The number of rotatable bonds is 3. The summed E-state index contributed by atoms with van der Waals surface area (Å²) in [6.07, 6.45) is 1.67. The van der Waals surface area contributed by atoms with Gasteiger partial charge < -0.3 is 10.2 Å². The summed E-state index contributed by atoms with van der Waals surface area (Å²) in [7, 11) is 1.84. The molecule has 5 nitrogen and oxygen atoms in total. The molecule has 0 radical (unpaired) electrons. The molecular weight excluding hydrogens is 240 g/mol. The van der Waals surface area contributed by atoms with Gasteiger partial charge in [-0.05, 0) is 26.0 Å². The van der Waals surface area contributed by atoms with Crippen LogP contribution in [0.4, 0.5) is 5.69 Å². The Morgan fingerprint density at radius 2 is 2.00 bits per heavy atom. The molecule has 0 unspecified atom stereocenters. The van der Waals surface area contributed by atoms with E-state index < -0.39 is 0 Å². The first kappa shape index (κ1) is 13.8. The van der Waals surface area contributed by atoms with Gasteiger partial charge in [0.1, 0.15) is 5.69 Å². The summed E-state index contributed by atoms with van der Waals surface area (Å²) < 4.78 is 0. The van der Waals surface area contributed by atoms with E-state index in [1.54, 1.807) is 12.3 Å². The average molecular weight is 262 g/mol. The maximum absolute atomic E-state index is 12.4. The Labute approximate surface area is 114 Å². The van der Waals surface area contributed by atoms with Crippen molar-refractivity contribution in [3.63, 3.8) is 0 Å². The fraction of sp³-hybridized carbons (Fsp3) is 0.571. The highest BCUT2D eigenvalue weighted by atomic mass is 16.2. The van der Waals surface area contributed by atoms with Crippen LogP contribution >= 0.6 is 0 Å². The molecule has 0 spiro atoms. The highest BCUT2D eigenvalue weighted by Crippen LogP contribution is 2.12. The van der Waals surface area contributed by atoms with E-state index >= 15 is 0 Å². The van der Waals surface area contributed by atoms with E-state index in [1.807, 2.05) is 18.0 Å². The van der Waals surface area contributed by atoms with Crippen LogP contribution in [0.5, 0.6) is 0 Å². The van der Waals surface area contributed by atoms with Crippen molar-refractivity contribution in [2.75, 3.05) is 38.5 Å². The minimum atomic E-state index is 0.0282. The van der Waals surface area contributed by atoms with Crippen LogP contribution in [-0.2, 0) is 0 Å². The lowest BCUT2D eigenvalue weighted by Crippen LogP contribution is -2.50. The average Bonchev–Trinajstić information content (AvgIpc) is 2.46. The van der Waals surface area contributed by atoms with Crippen LogP contribution in [0.15, 0.2) is 18.3 Å². The Bertz CT molecular complexity index is 439. The molecule has 1 aromatic heterocycles. The van der Waals surface area contributed by atoms with E-state index in [0.717, 1.165) is 31.9 Å². The normalized spacial score (nSPS) is 16.7. The molecular formula is C14H22N4O. The summed E-state index contributed by atoms with van der Waals surface area (Å²) in [6, 6.07) is 4.20. The van der Waals surface area contributed by atoms with Crippen molar-refractivity contribution in [1.82, 2.24) is 14.8 Å². The zero-order valence-electron chi connectivity index (χ0n) is 11.9. The van der Waals surface area contributed by atoms with E-state index in [9.17, 15) is 4.79 Å². The molecule has 1 aliphatic rings. The molecule has 1 fully saturated rings. The topological polar surface area (TPSA) is 48.5 Å². The predicted octanol–water partition coefficient (Wildman–Crippen LogP) is 1.29. The van der Waals surface area contributed by atoms with Gasteiger partial charge in [-0.1, -0.05) is 0 Å². The lowest BCUT2D eigenvalue weighted by molar-refractivity contribution is 0.0590. The summed E-state index contributed by atoms with van der Waals surface area (Å²) in [4.78, 5) is 20.8. The van der Waals surface area contributed by atoms with Crippen molar-refractivity contribution >= 4 is 11.6 Å². The van der Waals surface area contributed by atoms with Gasteiger partial charge in [-0.25, -0.2) is 0 Å². The summed E-state index contributed by atoms with van der Waals surface area (Å²) in [5, 5.41) is 3.03. The van der Waals surface area contributed by atoms with Crippen molar-refractivity contribution in [3.8, 4) is 0 Å². The number of carbonyl (C=O) groups excluding carboxylic acids is 1. The molecule has 0 aliphatic carbocycles. The highest BCUT2D eigenvalue weighted by Gasteiger charge is 2.23. The molecule has 0 atom stereocenters. The second-order valence-electron chi connectivity index (χ2n) is 5.10. The second-order valence-corrected chi connectivity index (χ2v) is 5.10. The molecule has 104 valence electrons.